The number of ether oxygens (including phenoxy) is 1. The Morgan fingerprint density at radius 3 is 2.80 bits per heavy atom. The van der Waals surface area contributed by atoms with Crippen LogP contribution in [0.25, 0.3) is 0 Å². The Morgan fingerprint density at radius 1 is 1.40 bits per heavy atom. The Labute approximate surface area is 124 Å². The highest BCUT2D eigenvalue weighted by Crippen LogP contribution is 2.33. The quantitative estimate of drug-likeness (QED) is 0.908. The van der Waals surface area contributed by atoms with Crippen LogP contribution in [-0.2, 0) is 9.53 Å². The highest BCUT2D eigenvalue weighted by molar-refractivity contribution is 6.30. The van der Waals surface area contributed by atoms with Crippen molar-refractivity contribution in [2.24, 2.45) is 5.92 Å². The van der Waals surface area contributed by atoms with Crippen LogP contribution in [0.4, 0.5) is 5.69 Å². The number of amides is 1. The van der Waals surface area contributed by atoms with Crippen LogP contribution in [0.3, 0.4) is 0 Å². The van der Waals surface area contributed by atoms with Gasteiger partial charge in [-0.15, -0.1) is 0 Å². The van der Waals surface area contributed by atoms with Gasteiger partial charge in [-0.2, -0.15) is 0 Å². The molecule has 0 saturated carbocycles. The SMILES string of the molecule is CC1(C2CCNC2)CN(c2ccc(Cl)cc2)C(=O)CO1. The van der Waals surface area contributed by atoms with E-state index in [9.17, 15) is 4.79 Å². The summed E-state index contributed by atoms with van der Waals surface area (Å²) >= 11 is 5.91. The zero-order chi connectivity index (χ0) is 14.2. The summed E-state index contributed by atoms with van der Waals surface area (Å²) < 4.78 is 5.88. The van der Waals surface area contributed by atoms with Crippen molar-refractivity contribution in [2.45, 2.75) is 18.9 Å². The van der Waals surface area contributed by atoms with Gasteiger partial charge >= 0.3 is 0 Å². The van der Waals surface area contributed by atoms with Gasteiger partial charge in [-0.25, -0.2) is 0 Å². The molecule has 2 atom stereocenters. The summed E-state index contributed by atoms with van der Waals surface area (Å²) in [5.74, 6) is 0.459. The normalized spacial score (nSPS) is 30.8. The maximum Gasteiger partial charge on any atom is 0.253 e. The van der Waals surface area contributed by atoms with Gasteiger partial charge in [0, 0.05) is 23.2 Å². The van der Waals surface area contributed by atoms with Crippen LogP contribution in [0, 0.1) is 5.92 Å². The van der Waals surface area contributed by atoms with Gasteiger partial charge < -0.3 is 15.0 Å². The number of hydrogen-bond acceptors (Lipinski definition) is 3. The number of nitrogens with one attached hydrogen (secondary N) is 1. The molecule has 2 aliphatic rings. The van der Waals surface area contributed by atoms with Crippen LogP contribution in [0.15, 0.2) is 24.3 Å². The first-order valence-electron chi connectivity index (χ1n) is 6.99. The van der Waals surface area contributed by atoms with Crippen LogP contribution in [0.1, 0.15) is 13.3 Å². The molecule has 1 N–H and O–H groups in total. The molecule has 20 heavy (non-hydrogen) atoms. The first-order valence-corrected chi connectivity index (χ1v) is 7.37. The lowest BCUT2D eigenvalue weighted by molar-refractivity contribution is -0.142. The van der Waals surface area contributed by atoms with Crippen LogP contribution in [0.5, 0.6) is 0 Å². The number of halogens is 1. The Balaban J connectivity index is 1.82. The van der Waals surface area contributed by atoms with Gasteiger partial charge in [0.1, 0.15) is 6.61 Å². The third-order valence-corrected chi connectivity index (χ3v) is 4.61. The van der Waals surface area contributed by atoms with E-state index in [-0.39, 0.29) is 18.1 Å². The summed E-state index contributed by atoms with van der Waals surface area (Å²) in [5.41, 5.74) is 0.608. The van der Waals surface area contributed by atoms with Crippen molar-refractivity contribution in [3.05, 3.63) is 29.3 Å². The molecule has 2 aliphatic heterocycles. The molecular weight excluding hydrogens is 276 g/mol. The summed E-state index contributed by atoms with van der Waals surface area (Å²) in [5, 5.41) is 4.05. The van der Waals surface area contributed by atoms with Crippen molar-refractivity contribution in [3.8, 4) is 0 Å². The van der Waals surface area contributed by atoms with Crippen LogP contribution >= 0.6 is 11.6 Å². The molecule has 3 rings (SSSR count). The molecular formula is C15H19ClN2O2. The van der Waals surface area contributed by atoms with E-state index in [2.05, 4.69) is 12.2 Å². The molecule has 2 heterocycles. The van der Waals surface area contributed by atoms with Crippen molar-refractivity contribution in [3.63, 3.8) is 0 Å². The van der Waals surface area contributed by atoms with E-state index in [4.69, 9.17) is 16.3 Å². The van der Waals surface area contributed by atoms with Gasteiger partial charge in [0.05, 0.1) is 12.1 Å². The third kappa shape index (κ3) is 2.55. The van der Waals surface area contributed by atoms with Gasteiger partial charge in [0.25, 0.3) is 5.91 Å². The van der Waals surface area contributed by atoms with Crippen molar-refractivity contribution in [1.29, 1.82) is 0 Å². The average molecular weight is 295 g/mol. The molecule has 2 fully saturated rings. The number of hydrogen-bond donors (Lipinski definition) is 1. The van der Waals surface area contributed by atoms with E-state index < -0.39 is 0 Å². The molecule has 5 heteroatoms. The molecule has 0 bridgehead atoms. The van der Waals surface area contributed by atoms with Gasteiger partial charge in [-0.3, -0.25) is 4.79 Å². The van der Waals surface area contributed by atoms with Crippen LogP contribution in [0.2, 0.25) is 5.02 Å². The average Bonchev–Trinajstić information content (AvgIpc) is 2.98. The lowest BCUT2D eigenvalue weighted by atomic mass is 9.86. The summed E-state index contributed by atoms with van der Waals surface area (Å²) in [6, 6.07) is 7.40. The number of morpholine rings is 1. The second-order valence-electron chi connectivity index (χ2n) is 5.75. The van der Waals surface area contributed by atoms with Gasteiger partial charge in [0.15, 0.2) is 0 Å². The third-order valence-electron chi connectivity index (χ3n) is 4.36. The van der Waals surface area contributed by atoms with E-state index in [0.717, 1.165) is 25.2 Å². The predicted molar refractivity (Wildman–Crippen MR) is 79.1 cm³/mol. The van der Waals surface area contributed by atoms with E-state index in [1.807, 2.05) is 29.2 Å². The molecule has 0 spiro atoms. The Hall–Kier alpha value is -1.10. The van der Waals surface area contributed by atoms with Gasteiger partial charge in [-0.1, -0.05) is 11.6 Å². The molecule has 1 amide bonds. The van der Waals surface area contributed by atoms with Gasteiger partial charge in [-0.05, 0) is 44.2 Å². The van der Waals surface area contributed by atoms with Crippen molar-refractivity contribution in [2.75, 3.05) is 31.1 Å². The van der Waals surface area contributed by atoms with Crippen molar-refractivity contribution in [1.82, 2.24) is 5.32 Å². The fourth-order valence-corrected chi connectivity index (χ4v) is 3.16. The Morgan fingerprint density at radius 2 is 2.15 bits per heavy atom. The summed E-state index contributed by atoms with van der Waals surface area (Å²) in [6.07, 6.45) is 1.10. The monoisotopic (exact) mass is 294 g/mol. The number of carbonyl (C=O) groups excluding carboxylic acids is 1. The van der Waals surface area contributed by atoms with Crippen LogP contribution < -0.4 is 10.2 Å². The molecule has 1 aromatic rings. The number of nitrogens with zero attached hydrogens (tertiary/aromatic N) is 1. The van der Waals surface area contributed by atoms with Crippen molar-refractivity contribution >= 4 is 23.2 Å². The first-order chi connectivity index (χ1) is 9.58. The molecule has 2 saturated heterocycles. The fraction of sp³-hybridized carbons (Fsp3) is 0.533. The maximum absolute atomic E-state index is 12.1. The molecule has 4 nitrogen and oxygen atoms in total. The number of carbonyl (C=O) groups is 1. The van der Waals surface area contributed by atoms with Crippen molar-refractivity contribution < 1.29 is 9.53 Å². The molecule has 0 aliphatic carbocycles. The highest BCUT2D eigenvalue weighted by Gasteiger charge is 2.43. The zero-order valence-electron chi connectivity index (χ0n) is 11.6. The molecule has 2 unspecified atom stereocenters. The van der Waals surface area contributed by atoms with E-state index in [1.54, 1.807) is 0 Å². The summed E-state index contributed by atoms with van der Waals surface area (Å²) in [6.45, 7) is 4.84. The Bertz CT molecular complexity index is 499. The molecule has 0 aromatic heterocycles. The number of benzene rings is 1. The fourth-order valence-electron chi connectivity index (χ4n) is 3.03. The van der Waals surface area contributed by atoms with E-state index in [1.165, 1.54) is 0 Å². The second kappa shape index (κ2) is 5.35. The standard InChI is InChI=1S/C15H19ClN2O2/c1-15(11-6-7-17-8-11)10-18(14(19)9-20-15)13-4-2-12(16)3-5-13/h2-5,11,17H,6-10H2,1H3. The first kappa shape index (κ1) is 13.9. The lowest BCUT2D eigenvalue weighted by Gasteiger charge is -2.43. The summed E-state index contributed by atoms with van der Waals surface area (Å²) in [7, 11) is 0. The molecule has 108 valence electrons. The second-order valence-corrected chi connectivity index (χ2v) is 6.18. The zero-order valence-corrected chi connectivity index (χ0v) is 12.3. The molecule has 0 radical (unpaired) electrons. The van der Waals surface area contributed by atoms with Gasteiger partial charge in [0.2, 0.25) is 0 Å². The minimum Gasteiger partial charge on any atom is -0.363 e. The smallest absolute Gasteiger partial charge is 0.253 e. The van der Waals surface area contributed by atoms with E-state index in [0.29, 0.717) is 17.5 Å². The van der Waals surface area contributed by atoms with E-state index >= 15 is 0 Å². The lowest BCUT2D eigenvalue weighted by Crippen LogP contribution is -2.57. The molecule has 1 aromatic carbocycles. The number of anilines is 1. The summed E-state index contributed by atoms with van der Waals surface area (Å²) in [4.78, 5) is 14.0. The Kier molecular flexibility index (Phi) is 3.71. The number of rotatable bonds is 2. The topological polar surface area (TPSA) is 41.6 Å². The minimum atomic E-state index is -0.281. The minimum absolute atomic E-state index is 0.00996. The highest BCUT2D eigenvalue weighted by atomic mass is 35.5. The maximum atomic E-state index is 12.1. The largest absolute Gasteiger partial charge is 0.363 e. The van der Waals surface area contributed by atoms with Crippen LogP contribution in [-0.4, -0.2) is 37.7 Å². The predicted octanol–water partition coefficient (Wildman–Crippen LogP) is 2.07.